The van der Waals surface area contributed by atoms with Crippen molar-refractivity contribution >= 4 is 0 Å². The van der Waals surface area contributed by atoms with Gasteiger partial charge in [0.25, 0.3) is 0 Å². The molecule has 0 aliphatic heterocycles. The van der Waals surface area contributed by atoms with E-state index in [0.717, 1.165) is 0 Å². The van der Waals surface area contributed by atoms with Crippen LogP contribution in [0.15, 0.2) is 17.9 Å². The van der Waals surface area contributed by atoms with Gasteiger partial charge >= 0.3 is 0 Å². The van der Waals surface area contributed by atoms with Crippen LogP contribution >= 0.6 is 0 Å². The fourth-order valence-electron chi connectivity index (χ4n) is 3.36. The van der Waals surface area contributed by atoms with Gasteiger partial charge in [0.05, 0.1) is 0 Å². The van der Waals surface area contributed by atoms with Crippen molar-refractivity contribution in [1.29, 1.82) is 0 Å². The first-order valence-corrected chi connectivity index (χ1v) is 11.8. The Morgan fingerprint density at radius 2 is 0.680 bits per heavy atom. The first-order valence-electron chi connectivity index (χ1n) is 11.8. The topological polar surface area (TPSA) is 0 Å². The van der Waals surface area contributed by atoms with Crippen LogP contribution in [0.5, 0.6) is 0 Å². The lowest BCUT2D eigenvalue weighted by molar-refractivity contribution is 0.536. The van der Waals surface area contributed by atoms with E-state index in [1.807, 2.05) is 0 Å². The van der Waals surface area contributed by atoms with Crippen molar-refractivity contribution in [1.82, 2.24) is 0 Å². The molecule has 0 fully saturated rings. The van der Waals surface area contributed by atoms with E-state index in [1.54, 1.807) is 0 Å². The minimum Gasteiger partial charge on any atom is -0.130 e. The molecular weight excluding hydrogens is 300 g/mol. The van der Waals surface area contributed by atoms with E-state index in [9.17, 15) is 0 Å². The third kappa shape index (κ3) is 23.5. The van der Waals surface area contributed by atoms with E-state index in [-0.39, 0.29) is 0 Å². The molecule has 25 heavy (non-hydrogen) atoms. The van der Waals surface area contributed by atoms with Crippen molar-refractivity contribution in [2.24, 2.45) is 0 Å². The van der Waals surface area contributed by atoms with E-state index in [4.69, 9.17) is 0 Å². The lowest BCUT2D eigenvalue weighted by atomic mass is 10.0. The average molecular weight is 349 g/mol. The van der Waals surface area contributed by atoms with Crippen LogP contribution in [0.4, 0.5) is 0 Å². The summed E-state index contributed by atoms with van der Waals surface area (Å²) in [6, 6.07) is 0. The lowest BCUT2D eigenvalue weighted by Crippen LogP contribution is -1.83. The summed E-state index contributed by atoms with van der Waals surface area (Å²) in [4.78, 5) is 0. The summed E-state index contributed by atoms with van der Waals surface area (Å²) >= 11 is 0. The summed E-state index contributed by atoms with van der Waals surface area (Å²) in [6.45, 7) is 4.57. The summed E-state index contributed by atoms with van der Waals surface area (Å²) in [6.07, 6.45) is 32.6. The van der Waals surface area contributed by atoms with Gasteiger partial charge in [-0.3, -0.25) is 0 Å². The SMILES string of the molecule is CCCCCCC=C=CCCCCCCCCCCCCCCCC. The Labute approximate surface area is 160 Å². The van der Waals surface area contributed by atoms with Crippen molar-refractivity contribution in [3.05, 3.63) is 17.9 Å². The summed E-state index contributed by atoms with van der Waals surface area (Å²) in [5, 5.41) is 0. The van der Waals surface area contributed by atoms with Crippen LogP contribution in [0.3, 0.4) is 0 Å². The number of hydrogen-bond donors (Lipinski definition) is 0. The van der Waals surface area contributed by atoms with Gasteiger partial charge in [0.1, 0.15) is 0 Å². The van der Waals surface area contributed by atoms with Crippen LogP contribution in [0, 0.1) is 0 Å². The van der Waals surface area contributed by atoms with E-state index in [2.05, 4.69) is 31.7 Å². The number of rotatable bonds is 20. The molecule has 0 aliphatic rings. The molecule has 0 heterocycles. The number of allylic oxidation sites excluding steroid dienone is 1. The molecule has 0 N–H and O–H groups in total. The average Bonchev–Trinajstić information content (AvgIpc) is 2.63. The molecule has 0 amide bonds. The molecule has 0 spiro atoms. The molecule has 148 valence electrons. The minimum atomic E-state index is 1.22. The zero-order valence-corrected chi connectivity index (χ0v) is 17.8. The molecule has 0 saturated heterocycles. The zero-order chi connectivity index (χ0) is 18.3. The molecule has 0 bridgehead atoms. The first kappa shape index (κ1) is 24.5. The van der Waals surface area contributed by atoms with Crippen molar-refractivity contribution < 1.29 is 0 Å². The first-order chi connectivity index (χ1) is 12.4. The highest BCUT2D eigenvalue weighted by atomic mass is 14.0. The van der Waals surface area contributed by atoms with Crippen LogP contribution in [-0.4, -0.2) is 0 Å². The van der Waals surface area contributed by atoms with Gasteiger partial charge in [-0.25, -0.2) is 0 Å². The monoisotopic (exact) mass is 348 g/mol. The van der Waals surface area contributed by atoms with Gasteiger partial charge in [-0.15, -0.1) is 5.73 Å². The molecule has 0 radical (unpaired) electrons. The molecule has 0 aromatic carbocycles. The molecule has 0 nitrogen and oxygen atoms in total. The number of hydrogen-bond acceptors (Lipinski definition) is 0. The molecule has 0 atom stereocenters. The molecule has 0 rings (SSSR count). The molecule has 0 unspecified atom stereocenters. The molecule has 0 saturated carbocycles. The summed E-state index contributed by atoms with van der Waals surface area (Å²) in [7, 11) is 0. The Morgan fingerprint density at radius 3 is 1.04 bits per heavy atom. The quantitative estimate of drug-likeness (QED) is 0.152. The maximum Gasteiger partial charge on any atom is -0.0274 e. The molecule has 0 aliphatic carbocycles. The van der Waals surface area contributed by atoms with Gasteiger partial charge in [-0.1, -0.05) is 117 Å². The Morgan fingerprint density at radius 1 is 0.400 bits per heavy atom. The van der Waals surface area contributed by atoms with Gasteiger partial charge in [-0.05, 0) is 37.8 Å². The third-order valence-electron chi connectivity index (χ3n) is 5.14. The van der Waals surface area contributed by atoms with Gasteiger partial charge in [0, 0.05) is 0 Å². The van der Waals surface area contributed by atoms with Crippen molar-refractivity contribution in [2.45, 2.75) is 142 Å². The van der Waals surface area contributed by atoms with E-state index >= 15 is 0 Å². The molecular formula is C25H48. The predicted molar refractivity (Wildman–Crippen MR) is 116 cm³/mol. The molecule has 0 aromatic heterocycles. The smallest absolute Gasteiger partial charge is 0.0274 e. The largest absolute Gasteiger partial charge is 0.130 e. The zero-order valence-electron chi connectivity index (χ0n) is 17.8. The third-order valence-corrected chi connectivity index (χ3v) is 5.14. The van der Waals surface area contributed by atoms with E-state index < -0.39 is 0 Å². The molecule has 0 heteroatoms. The number of unbranched alkanes of at least 4 members (excludes halogenated alkanes) is 18. The fourth-order valence-corrected chi connectivity index (χ4v) is 3.36. The van der Waals surface area contributed by atoms with Crippen LogP contribution in [0.25, 0.3) is 0 Å². The standard InChI is InChI=1S/C25H48/c1-3-5-7-9-11-13-15-17-19-21-23-25-24-22-20-18-16-14-12-10-8-6-4-2/h13,17H,3-12,14,16,18-25H2,1-2H3. The Bertz CT molecular complexity index is 282. The summed E-state index contributed by atoms with van der Waals surface area (Å²) < 4.78 is 0. The Hall–Kier alpha value is -0.480. The fraction of sp³-hybridized carbons (Fsp3) is 0.880. The second-order valence-corrected chi connectivity index (χ2v) is 7.81. The maximum absolute atomic E-state index is 3.36. The van der Waals surface area contributed by atoms with Crippen LogP contribution in [0.2, 0.25) is 0 Å². The van der Waals surface area contributed by atoms with Crippen molar-refractivity contribution in [3.8, 4) is 0 Å². The predicted octanol–water partition coefficient (Wildman–Crippen LogP) is 9.54. The maximum atomic E-state index is 3.36. The second-order valence-electron chi connectivity index (χ2n) is 7.81. The summed E-state index contributed by atoms with van der Waals surface area (Å²) in [5.41, 5.74) is 3.36. The van der Waals surface area contributed by atoms with Crippen LogP contribution < -0.4 is 0 Å². The summed E-state index contributed by atoms with van der Waals surface area (Å²) in [5.74, 6) is 0. The highest BCUT2D eigenvalue weighted by Gasteiger charge is 1.93. The Balaban J connectivity index is 3.10. The lowest BCUT2D eigenvalue weighted by Gasteiger charge is -2.02. The van der Waals surface area contributed by atoms with Crippen molar-refractivity contribution in [2.75, 3.05) is 0 Å². The Kier molecular flexibility index (Phi) is 23.1. The van der Waals surface area contributed by atoms with Crippen LogP contribution in [0.1, 0.15) is 142 Å². The van der Waals surface area contributed by atoms with E-state index in [0.29, 0.717) is 0 Å². The highest BCUT2D eigenvalue weighted by molar-refractivity contribution is 4.84. The normalized spacial score (nSPS) is 10.6. The van der Waals surface area contributed by atoms with Gasteiger partial charge < -0.3 is 0 Å². The van der Waals surface area contributed by atoms with Crippen LogP contribution in [-0.2, 0) is 0 Å². The van der Waals surface area contributed by atoms with Gasteiger partial charge in [0.2, 0.25) is 0 Å². The van der Waals surface area contributed by atoms with Crippen molar-refractivity contribution in [3.63, 3.8) is 0 Å². The van der Waals surface area contributed by atoms with Gasteiger partial charge in [0.15, 0.2) is 0 Å². The van der Waals surface area contributed by atoms with Gasteiger partial charge in [-0.2, -0.15) is 0 Å². The molecule has 0 aromatic rings. The highest BCUT2D eigenvalue weighted by Crippen LogP contribution is 2.13. The van der Waals surface area contributed by atoms with E-state index in [1.165, 1.54) is 128 Å². The minimum absolute atomic E-state index is 1.22. The second kappa shape index (κ2) is 23.5.